The molecule has 1 aromatic carbocycles. The van der Waals surface area contributed by atoms with Crippen LogP contribution in [0.1, 0.15) is 36.8 Å². The van der Waals surface area contributed by atoms with Gasteiger partial charge in [0.25, 0.3) is 5.91 Å². The Morgan fingerprint density at radius 3 is 2.60 bits per heavy atom. The van der Waals surface area contributed by atoms with Gasteiger partial charge >= 0.3 is 12.0 Å². The third-order valence-corrected chi connectivity index (χ3v) is 4.08. The van der Waals surface area contributed by atoms with Crippen LogP contribution in [0, 0.1) is 6.92 Å². The van der Waals surface area contributed by atoms with E-state index in [2.05, 4.69) is 10.6 Å². The molecule has 0 saturated heterocycles. The molecule has 1 aromatic rings. The topological polar surface area (TPSA) is 93.7 Å². The molecule has 2 N–H and O–H groups in total. The van der Waals surface area contributed by atoms with Gasteiger partial charge in [0.2, 0.25) is 0 Å². The molecule has 0 aliphatic heterocycles. The van der Waals surface area contributed by atoms with Gasteiger partial charge in [0.1, 0.15) is 5.75 Å². The molecular formula is C18H24N2O5. The number of ether oxygens (including phenoxy) is 2. The van der Waals surface area contributed by atoms with Gasteiger partial charge in [0.05, 0.1) is 13.5 Å². The number of imide groups is 1. The third-order valence-electron chi connectivity index (χ3n) is 4.08. The SMILES string of the molecule is COc1ccc(C)cc1CC(=O)OCC(=O)NC(=O)NC1CCCC1. The summed E-state index contributed by atoms with van der Waals surface area (Å²) in [5.74, 6) is -0.627. The average molecular weight is 348 g/mol. The van der Waals surface area contributed by atoms with Crippen LogP contribution in [-0.2, 0) is 20.7 Å². The summed E-state index contributed by atoms with van der Waals surface area (Å²) in [6.07, 6.45) is 4.01. The van der Waals surface area contributed by atoms with Crippen LogP contribution < -0.4 is 15.4 Å². The van der Waals surface area contributed by atoms with E-state index in [4.69, 9.17) is 9.47 Å². The van der Waals surface area contributed by atoms with Crippen LogP contribution in [0.3, 0.4) is 0 Å². The molecule has 1 aliphatic carbocycles. The Kier molecular flexibility index (Phi) is 6.80. The predicted molar refractivity (Wildman–Crippen MR) is 91.3 cm³/mol. The number of urea groups is 1. The largest absolute Gasteiger partial charge is 0.496 e. The van der Waals surface area contributed by atoms with E-state index in [1.807, 2.05) is 19.1 Å². The molecule has 0 spiro atoms. The van der Waals surface area contributed by atoms with Gasteiger partial charge in [-0.3, -0.25) is 14.9 Å². The summed E-state index contributed by atoms with van der Waals surface area (Å²) in [7, 11) is 1.52. The lowest BCUT2D eigenvalue weighted by Crippen LogP contribution is -2.45. The second kappa shape index (κ2) is 9.05. The first kappa shape index (κ1) is 18.8. The zero-order valence-electron chi connectivity index (χ0n) is 14.6. The normalized spacial score (nSPS) is 14.0. The van der Waals surface area contributed by atoms with E-state index in [1.54, 1.807) is 6.07 Å². The molecular weight excluding hydrogens is 324 g/mol. The number of hydrogen-bond donors (Lipinski definition) is 2. The van der Waals surface area contributed by atoms with Crippen molar-refractivity contribution in [2.75, 3.05) is 13.7 Å². The Morgan fingerprint density at radius 2 is 1.92 bits per heavy atom. The Bertz CT molecular complexity index is 638. The summed E-state index contributed by atoms with van der Waals surface area (Å²) < 4.78 is 10.1. The minimum Gasteiger partial charge on any atom is -0.496 e. The number of rotatable bonds is 6. The van der Waals surface area contributed by atoms with Crippen LogP contribution in [0.5, 0.6) is 5.75 Å². The van der Waals surface area contributed by atoms with Crippen molar-refractivity contribution in [3.05, 3.63) is 29.3 Å². The van der Waals surface area contributed by atoms with Crippen molar-refractivity contribution < 1.29 is 23.9 Å². The van der Waals surface area contributed by atoms with E-state index in [1.165, 1.54) is 7.11 Å². The highest BCUT2D eigenvalue weighted by molar-refractivity contribution is 5.95. The van der Waals surface area contributed by atoms with Crippen LogP contribution in [-0.4, -0.2) is 37.7 Å². The van der Waals surface area contributed by atoms with Gasteiger partial charge in [-0.15, -0.1) is 0 Å². The van der Waals surface area contributed by atoms with Crippen LogP contribution >= 0.6 is 0 Å². The lowest BCUT2D eigenvalue weighted by atomic mass is 10.1. The number of amides is 3. The maximum Gasteiger partial charge on any atom is 0.321 e. The van der Waals surface area contributed by atoms with Gasteiger partial charge < -0.3 is 14.8 Å². The summed E-state index contributed by atoms with van der Waals surface area (Å²) in [6, 6.07) is 5.05. The van der Waals surface area contributed by atoms with Crippen LogP contribution in [0.4, 0.5) is 4.79 Å². The molecule has 0 bridgehead atoms. The summed E-state index contributed by atoms with van der Waals surface area (Å²) in [4.78, 5) is 35.3. The zero-order valence-corrected chi connectivity index (χ0v) is 14.6. The Morgan fingerprint density at radius 1 is 1.20 bits per heavy atom. The highest BCUT2D eigenvalue weighted by Crippen LogP contribution is 2.20. The lowest BCUT2D eigenvalue weighted by molar-refractivity contribution is -0.147. The maximum atomic E-state index is 11.9. The number of carbonyl (C=O) groups excluding carboxylic acids is 3. The van der Waals surface area contributed by atoms with Crippen molar-refractivity contribution in [1.29, 1.82) is 0 Å². The first-order valence-electron chi connectivity index (χ1n) is 8.37. The highest BCUT2D eigenvalue weighted by atomic mass is 16.5. The van der Waals surface area contributed by atoms with E-state index >= 15 is 0 Å². The Hall–Kier alpha value is -2.57. The molecule has 0 radical (unpaired) electrons. The zero-order chi connectivity index (χ0) is 18.2. The predicted octanol–water partition coefficient (Wildman–Crippen LogP) is 1.86. The monoisotopic (exact) mass is 348 g/mol. The molecule has 7 nitrogen and oxygen atoms in total. The molecule has 0 atom stereocenters. The fraction of sp³-hybridized carbons (Fsp3) is 0.500. The van der Waals surface area contributed by atoms with Crippen molar-refractivity contribution in [2.24, 2.45) is 0 Å². The van der Waals surface area contributed by atoms with Crippen LogP contribution in [0.15, 0.2) is 18.2 Å². The number of esters is 1. The minimum absolute atomic E-state index is 0.00754. The number of carbonyl (C=O) groups is 3. The molecule has 136 valence electrons. The lowest BCUT2D eigenvalue weighted by Gasteiger charge is -2.12. The molecule has 7 heteroatoms. The summed E-state index contributed by atoms with van der Waals surface area (Å²) in [5.41, 5.74) is 1.68. The quantitative estimate of drug-likeness (QED) is 0.765. The van der Waals surface area contributed by atoms with Crippen molar-refractivity contribution >= 4 is 17.9 Å². The average Bonchev–Trinajstić information content (AvgIpc) is 3.06. The van der Waals surface area contributed by atoms with Gasteiger partial charge in [-0.25, -0.2) is 4.79 Å². The maximum absolute atomic E-state index is 11.9. The van der Waals surface area contributed by atoms with Gasteiger partial charge in [-0.2, -0.15) is 0 Å². The molecule has 0 unspecified atom stereocenters. The third kappa shape index (κ3) is 6.10. The van der Waals surface area contributed by atoms with Gasteiger partial charge in [0.15, 0.2) is 6.61 Å². The Labute approximate surface area is 147 Å². The molecule has 2 rings (SSSR count). The molecule has 1 fully saturated rings. The standard InChI is InChI=1S/C18H24N2O5/c1-12-7-8-15(24-2)13(9-12)10-17(22)25-11-16(21)20-18(23)19-14-5-3-4-6-14/h7-9,14H,3-6,10-11H2,1-2H3,(H2,19,20,21,23). The number of benzene rings is 1. The number of methoxy groups -OCH3 is 1. The molecule has 0 aromatic heterocycles. The molecule has 3 amide bonds. The van der Waals surface area contributed by atoms with Crippen LogP contribution in [0.2, 0.25) is 0 Å². The van der Waals surface area contributed by atoms with Crippen molar-refractivity contribution in [2.45, 2.75) is 45.1 Å². The molecule has 1 saturated carbocycles. The van der Waals surface area contributed by atoms with E-state index in [9.17, 15) is 14.4 Å². The number of aryl methyl sites for hydroxylation is 1. The van der Waals surface area contributed by atoms with Gasteiger partial charge in [-0.05, 0) is 25.8 Å². The Balaban J connectivity index is 1.74. The molecule has 0 heterocycles. The smallest absolute Gasteiger partial charge is 0.321 e. The van der Waals surface area contributed by atoms with Crippen molar-refractivity contribution in [1.82, 2.24) is 10.6 Å². The van der Waals surface area contributed by atoms with Gasteiger partial charge in [-0.1, -0.05) is 30.5 Å². The second-order valence-corrected chi connectivity index (χ2v) is 6.16. The first-order valence-corrected chi connectivity index (χ1v) is 8.37. The summed E-state index contributed by atoms with van der Waals surface area (Å²) in [6.45, 7) is 1.41. The number of hydrogen-bond acceptors (Lipinski definition) is 5. The fourth-order valence-corrected chi connectivity index (χ4v) is 2.85. The number of nitrogens with one attached hydrogen (secondary N) is 2. The van der Waals surface area contributed by atoms with Crippen LogP contribution in [0.25, 0.3) is 0 Å². The summed E-state index contributed by atoms with van der Waals surface area (Å²) in [5, 5.41) is 4.90. The fourth-order valence-electron chi connectivity index (χ4n) is 2.85. The molecule has 1 aliphatic rings. The minimum atomic E-state index is -0.653. The van der Waals surface area contributed by atoms with E-state index < -0.39 is 24.5 Å². The van der Waals surface area contributed by atoms with E-state index in [0.717, 1.165) is 31.2 Å². The second-order valence-electron chi connectivity index (χ2n) is 6.16. The highest BCUT2D eigenvalue weighted by Gasteiger charge is 2.19. The molecule has 25 heavy (non-hydrogen) atoms. The van der Waals surface area contributed by atoms with Gasteiger partial charge in [0, 0.05) is 11.6 Å². The summed E-state index contributed by atoms with van der Waals surface area (Å²) >= 11 is 0. The van der Waals surface area contributed by atoms with Crippen molar-refractivity contribution in [3.63, 3.8) is 0 Å². The van der Waals surface area contributed by atoms with E-state index in [-0.39, 0.29) is 12.5 Å². The first-order chi connectivity index (χ1) is 12.0. The van der Waals surface area contributed by atoms with E-state index in [0.29, 0.717) is 11.3 Å². The van der Waals surface area contributed by atoms with Crippen molar-refractivity contribution in [3.8, 4) is 5.75 Å².